The Bertz CT molecular complexity index is 1090. The number of rotatable bonds is 6. The number of nitrogens with zero attached hydrogens (tertiary/aromatic N) is 1. The summed E-state index contributed by atoms with van der Waals surface area (Å²) in [6, 6.07) is 9.25. The molecule has 2 N–H and O–H groups in total. The fraction of sp³-hybridized carbons (Fsp3) is 0.222. The summed E-state index contributed by atoms with van der Waals surface area (Å²) in [7, 11) is -3.82. The van der Waals surface area contributed by atoms with Crippen molar-refractivity contribution >= 4 is 26.6 Å². The summed E-state index contributed by atoms with van der Waals surface area (Å²) in [5, 5.41) is 0.423. The Morgan fingerprint density at radius 2 is 1.96 bits per heavy atom. The smallest absolute Gasteiger partial charge is 0.263 e. The minimum atomic E-state index is -3.82. The van der Waals surface area contributed by atoms with E-state index in [2.05, 4.69) is 14.7 Å². The summed E-state index contributed by atoms with van der Waals surface area (Å²) in [4.78, 5) is 19.4. The van der Waals surface area contributed by atoms with E-state index < -0.39 is 10.0 Å². The number of aryl methyl sites for hydroxylation is 1. The molecule has 0 spiro atoms. The van der Waals surface area contributed by atoms with Crippen LogP contribution in [0.5, 0.6) is 5.88 Å². The maximum Gasteiger partial charge on any atom is 0.263 e. The van der Waals surface area contributed by atoms with Gasteiger partial charge in [-0.2, -0.15) is 0 Å². The minimum Gasteiger partial charge on any atom is -0.478 e. The van der Waals surface area contributed by atoms with Crippen LogP contribution in [0.25, 0.3) is 10.9 Å². The van der Waals surface area contributed by atoms with Crippen LogP contribution in [0.2, 0.25) is 0 Å². The van der Waals surface area contributed by atoms with Crippen LogP contribution in [0, 0.1) is 0 Å². The molecule has 0 fully saturated rings. The Morgan fingerprint density at radius 3 is 2.62 bits per heavy atom. The molecule has 136 valence electrons. The molecule has 0 saturated heterocycles. The normalized spacial score (nSPS) is 11.5. The summed E-state index contributed by atoms with van der Waals surface area (Å²) in [6.07, 6.45) is 1.94. The van der Waals surface area contributed by atoms with Crippen molar-refractivity contribution in [1.82, 2.24) is 9.97 Å². The van der Waals surface area contributed by atoms with Crippen LogP contribution >= 0.6 is 0 Å². The van der Waals surface area contributed by atoms with Gasteiger partial charge in [0.15, 0.2) is 5.43 Å². The number of nitrogens with one attached hydrogen (secondary N) is 2. The van der Waals surface area contributed by atoms with Crippen molar-refractivity contribution in [3.8, 4) is 5.88 Å². The lowest BCUT2D eigenvalue weighted by Gasteiger charge is -2.10. The predicted molar refractivity (Wildman–Crippen MR) is 100 cm³/mol. The Labute approximate surface area is 151 Å². The summed E-state index contributed by atoms with van der Waals surface area (Å²) in [5.41, 5.74) is 1.65. The van der Waals surface area contributed by atoms with Gasteiger partial charge in [0.1, 0.15) is 4.90 Å². The van der Waals surface area contributed by atoms with Gasteiger partial charge < -0.3 is 9.72 Å². The number of sulfonamides is 1. The lowest BCUT2D eigenvalue weighted by molar-refractivity contribution is 0.326. The van der Waals surface area contributed by atoms with Gasteiger partial charge in [-0.1, -0.05) is 6.92 Å². The van der Waals surface area contributed by atoms with E-state index in [1.54, 1.807) is 12.1 Å². The van der Waals surface area contributed by atoms with Gasteiger partial charge >= 0.3 is 0 Å². The van der Waals surface area contributed by atoms with E-state index in [0.29, 0.717) is 35.5 Å². The first-order chi connectivity index (χ1) is 12.4. The first kappa shape index (κ1) is 17.9. The highest BCUT2D eigenvalue weighted by molar-refractivity contribution is 7.92. The van der Waals surface area contributed by atoms with Gasteiger partial charge in [0.2, 0.25) is 5.88 Å². The number of aromatic amines is 1. The largest absolute Gasteiger partial charge is 0.478 e. The van der Waals surface area contributed by atoms with Gasteiger partial charge in [-0.05, 0) is 37.6 Å². The second-order valence-electron chi connectivity index (χ2n) is 5.64. The molecule has 2 heterocycles. The quantitative estimate of drug-likeness (QED) is 0.692. The molecule has 3 aromatic rings. The molecule has 3 rings (SSSR count). The summed E-state index contributed by atoms with van der Waals surface area (Å²) in [6.45, 7) is 4.21. The summed E-state index contributed by atoms with van der Waals surface area (Å²) < 4.78 is 32.7. The molecule has 0 amide bonds. The van der Waals surface area contributed by atoms with Crippen molar-refractivity contribution in [2.75, 3.05) is 11.3 Å². The first-order valence-electron chi connectivity index (χ1n) is 8.20. The topological polar surface area (TPSA) is 101 Å². The molecule has 0 bridgehead atoms. The number of aromatic nitrogens is 2. The molecule has 7 nitrogen and oxygen atoms in total. The third kappa shape index (κ3) is 3.70. The van der Waals surface area contributed by atoms with Crippen LogP contribution in [-0.2, 0) is 16.4 Å². The number of pyridine rings is 2. The molecule has 0 aliphatic carbocycles. The summed E-state index contributed by atoms with van der Waals surface area (Å²) in [5.74, 6) is 0.357. The highest BCUT2D eigenvalue weighted by Crippen LogP contribution is 2.20. The Balaban J connectivity index is 1.92. The van der Waals surface area contributed by atoms with Gasteiger partial charge in [-0.15, -0.1) is 0 Å². The van der Waals surface area contributed by atoms with E-state index in [1.165, 1.54) is 30.5 Å². The van der Waals surface area contributed by atoms with Crippen LogP contribution in [0.15, 0.2) is 52.3 Å². The zero-order valence-corrected chi connectivity index (χ0v) is 15.3. The number of hydrogen-bond acceptors (Lipinski definition) is 5. The van der Waals surface area contributed by atoms with Crippen molar-refractivity contribution in [2.45, 2.75) is 25.2 Å². The van der Waals surface area contributed by atoms with Crippen molar-refractivity contribution in [3.05, 3.63) is 58.5 Å². The van der Waals surface area contributed by atoms with Gasteiger partial charge in [-0.3, -0.25) is 9.52 Å². The average molecular weight is 373 g/mol. The van der Waals surface area contributed by atoms with E-state index >= 15 is 0 Å². The number of anilines is 1. The molecule has 1 aromatic carbocycles. The van der Waals surface area contributed by atoms with Gasteiger partial charge in [0.05, 0.1) is 12.8 Å². The van der Waals surface area contributed by atoms with Gasteiger partial charge in [-0.25, -0.2) is 13.4 Å². The Morgan fingerprint density at radius 1 is 1.15 bits per heavy atom. The van der Waals surface area contributed by atoms with Crippen molar-refractivity contribution in [1.29, 1.82) is 0 Å². The fourth-order valence-corrected chi connectivity index (χ4v) is 3.52. The highest BCUT2D eigenvalue weighted by atomic mass is 32.2. The lowest BCUT2D eigenvalue weighted by atomic mass is 10.1. The Kier molecular flexibility index (Phi) is 4.94. The molecular formula is C18H19N3O4S. The molecule has 0 aliphatic rings. The fourth-order valence-electron chi connectivity index (χ4n) is 2.53. The Hall–Kier alpha value is -2.87. The van der Waals surface area contributed by atoms with Crippen LogP contribution in [-0.4, -0.2) is 25.0 Å². The zero-order valence-electron chi connectivity index (χ0n) is 14.4. The number of fused-ring (bicyclic) bond motifs is 1. The van der Waals surface area contributed by atoms with Gasteiger partial charge in [0.25, 0.3) is 10.0 Å². The number of hydrogen-bond donors (Lipinski definition) is 2. The van der Waals surface area contributed by atoms with Gasteiger partial charge in [0, 0.05) is 34.4 Å². The third-order valence-corrected chi connectivity index (χ3v) is 5.20. The van der Waals surface area contributed by atoms with Crippen molar-refractivity contribution in [2.24, 2.45) is 0 Å². The SMILES string of the molecule is CCOc1ccc(S(=O)(=O)Nc2ccc3[nH]c(CC)cc(=O)c3c2)cn1. The van der Waals surface area contributed by atoms with Crippen LogP contribution in [0.3, 0.4) is 0 Å². The molecule has 26 heavy (non-hydrogen) atoms. The van der Waals surface area contributed by atoms with E-state index in [0.717, 1.165) is 5.69 Å². The first-order valence-corrected chi connectivity index (χ1v) is 9.69. The third-order valence-electron chi connectivity index (χ3n) is 3.83. The van der Waals surface area contributed by atoms with E-state index in [9.17, 15) is 13.2 Å². The maximum absolute atomic E-state index is 12.5. The maximum atomic E-state index is 12.5. The minimum absolute atomic E-state index is 0.0105. The number of H-pyrrole nitrogens is 1. The molecule has 8 heteroatoms. The van der Waals surface area contributed by atoms with Crippen molar-refractivity contribution < 1.29 is 13.2 Å². The molecular weight excluding hydrogens is 354 g/mol. The zero-order chi connectivity index (χ0) is 18.7. The molecule has 0 unspecified atom stereocenters. The second-order valence-corrected chi connectivity index (χ2v) is 7.33. The van der Waals surface area contributed by atoms with Crippen molar-refractivity contribution in [3.63, 3.8) is 0 Å². The number of ether oxygens (including phenoxy) is 1. The monoisotopic (exact) mass is 373 g/mol. The molecule has 0 atom stereocenters. The predicted octanol–water partition coefficient (Wildman–Crippen LogP) is 2.69. The average Bonchev–Trinajstić information content (AvgIpc) is 2.62. The van der Waals surface area contributed by atoms with E-state index in [1.807, 2.05) is 13.8 Å². The summed E-state index contributed by atoms with van der Waals surface area (Å²) >= 11 is 0. The van der Waals surface area contributed by atoms with Crippen LogP contribution in [0.1, 0.15) is 19.5 Å². The van der Waals surface area contributed by atoms with E-state index in [4.69, 9.17) is 4.74 Å². The lowest BCUT2D eigenvalue weighted by Crippen LogP contribution is -2.14. The van der Waals surface area contributed by atoms with Crippen LogP contribution < -0.4 is 14.9 Å². The van der Waals surface area contributed by atoms with E-state index in [-0.39, 0.29) is 10.3 Å². The molecule has 0 saturated carbocycles. The standard InChI is InChI=1S/C18H19N3O4S/c1-3-12-10-17(22)15-9-13(5-7-16(15)20-12)21-26(23,24)14-6-8-18(19-11-14)25-4-2/h5-11,21H,3-4H2,1-2H3,(H,20,22). The highest BCUT2D eigenvalue weighted by Gasteiger charge is 2.15. The number of benzene rings is 1. The molecule has 0 radical (unpaired) electrons. The molecule has 2 aromatic heterocycles. The second kappa shape index (κ2) is 7.17. The van der Waals surface area contributed by atoms with Crippen LogP contribution in [0.4, 0.5) is 5.69 Å². The molecule has 0 aliphatic heterocycles.